The van der Waals surface area contributed by atoms with Gasteiger partial charge in [0, 0.05) is 19.3 Å². The van der Waals surface area contributed by atoms with Gasteiger partial charge in [0.2, 0.25) is 6.29 Å². The smallest absolute Gasteiger partial charge is 0.317 e. The molecule has 9 fully saturated rings. The highest BCUT2D eigenvalue weighted by Gasteiger charge is 2.73. The Morgan fingerprint density at radius 2 is 1.11 bits per heavy atom. The molecule has 97 heavy (non-hydrogen) atoms. The molecule has 0 aromatic heterocycles. The van der Waals surface area contributed by atoms with Crippen LogP contribution in [0, 0.1) is 50.2 Å². The normalized spacial score (nSPS) is 51.5. The van der Waals surface area contributed by atoms with E-state index in [9.17, 15) is 80.8 Å². The number of aliphatic hydroxyl groups excluding tert-OH is 13. The van der Waals surface area contributed by atoms with Gasteiger partial charge in [-0.3, -0.25) is 19.2 Å². The first-order valence-electron chi connectivity index (χ1n) is 34.3. The Balaban J connectivity index is 0.930. The number of allylic oxidation sites excluding steroid dienone is 2. The van der Waals surface area contributed by atoms with E-state index in [0.717, 1.165) is 19.4 Å². The van der Waals surface area contributed by atoms with Gasteiger partial charge in [-0.25, -0.2) is 0 Å². The van der Waals surface area contributed by atoms with Gasteiger partial charge < -0.3 is 128 Å². The Morgan fingerprint density at radius 1 is 0.546 bits per heavy atom. The molecule has 5 aliphatic carbocycles. The van der Waals surface area contributed by atoms with Crippen molar-refractivity contribution in [2.75, 3.05) is 13.2 Å². The van der Waals surface area contributed by atoms with Gasteiger partial charge in [-0.2, -0.15) is 0 Å². The summed E-state index contributed by atoms with van der Waals surface area (Å²) in [4.78, 5) is 54.4. The predicted molar refractivity (Wildman–Crippen MR) is 327 cm³/mol. The molecule has 0 aromatic rings. The monoisotopic (exact) mass is 1390 g/mol. The van der Waals surface area contributed by atoms with Crippen molar-refractivity contribution in [2.45, 2.75) is 320 Å². The Kier molecular flexibility index (Phi) is 22.4. The van der Waals surface area contributed by atoms with Crippen molar-refractivity contribution in [3.05, 3.63) is 11.6 Å². The number of ether oxygens (including phenoxy) is 13. The molecule has 30 nitrogen and oxygen atoms in total. The molecule has 36 unspecified atom stereocenters. The van der Waals surface area contributed by atoms with E-state index in [4.69, 9.17) is 61.6 Å². The van der Waals surface area contributed by atoms with Crippen molar-refractivity contribution in [1.29, 1.82) is 0 Å². The summed E-state index contributed by atoms with van der Waals surface area (Å²) < 4.78 is 77.7. The third kappa shape index (κ3) is 13.6. The lowest BCUT2D eigenvalue weighted by Crippen LogP contribution is -2.70. The number of hydrogen-bond donors (Lipinski definition) is 13. The van der Waals surface area contributed by atoms with E-state index in [-0.39, 0.29) is 36.5 Å². The highest BCUT2D eigenvalue weighted by molar-refractivity contribution is 5.80. The molecule has 10 rings (SSSR count). The summed E-state index contributed by atoms with van der Waals surface area (Å²) in [5, 5.41) is 148. The molecule has 0 bridgehead atoms. The van der Waals surface area contributed by atoms with E-state index < -0.39 is 248 Å². The average Bonchev–Trinajstić information content (AvgIpc) is 0.670. The molecule has 5 aliphatic heterocycles. The molecule has 5 saturated heterocycles. The second-order valence-electron chi connectivity index (χ2n) is 31.4. The Bertz CT molecular complexity index is 2850. The van der Waals surface area contributed by atoms with Gasteiger partial charge in [0.25, 0.3) is 0 Å². The maximum absolute atomic E-state index is 16.0. The zero-order valence-electron chi connectivity index (χ0n) is 57.5. The lowest BCUT2D eigenvalue weighted by Gasteiger charge is -2.72. The number of carbonyl (C=O) groups excluding carboxylic acids is 4. The summed E-state index contributed by atoms with van der Waals surface area (Å²) in [6, 6.07) is 0. The molecule has 4 saturated carbocycles. The van der Waals surface area contributed by atoms with Gasteiger partial charge in [-0.15, -0.1) is 0 Å². The molecule has 0 aromatic carbocycles. The lowest BCUT2D eigenvalue weighted by molar-refractivity contribution is -0.380. The molecule has 30 heteroatoms. The van der Waals surface area contributed by atoms with Gasteiger partial charge in [0.1, 0.15) is 84.8 Å². The first-order valence-corrected chi connectivity index (χ1v) is 34.3. The van der Waals surface area contributed by atoms with Crippen LogP contribution in [-0.2, 0) is 80.8 Å². The minimum atomic E-state index is -1.98. The molecular formula is C67H106O30. The summed E-state index contributed by atoms with van der Waals surface area (Å²) in [7, 11) is 0. The molecule has 13 N–H and O–H groups in total. The molecular weight excluding hydrogens is 1280 g/mol. The van der Waals surface area contributed by atoms with Crippen LogP contribution in [0.1, 0.15) is 148 Å². The first-order chi connectivity index (χ1) is 45.2. The van der Waals surface area contributed by atoms with Crippen molar-refractivity contribution in [3.63, 3.8) is 0 Å². The van der Waals surface area contributed by atoms with Crippen molar-refractivity contribution in [3.8, 4) is 0 Å². The zero-order valence-corrected chi connectivity index (χ0v) is 57.5. The highest BCUT2D eigenvalue weighted by Crippen LogP contribution is 2.76. The fourth-order valence-electron chi connectivity index (χ4n) is 19.0. The number of aliphatic hydroxyl groups is 13. The number of rotatable bonds is 16. The van der Waals surface area contributed by atoms with E-state index in [0.29, 0.717) is 32.1 Å². The Morgan fingerprint density at radius 3 is 1.72 bits per heavy atom. The molecule has 554 valence electrons. The van der Waals surface area contributed by atoms with Gasteiger partial charge in [0.15, 0.2) is 43.5 Å². The maximum atomic E-state index is 16.0. The average molecular weight is 1390 g/mol. The zero-order chi connectivity index (χ0) is 71.5. The summed E-state index contributed by atoms with van der Waals surface area (Å²) in [5.41, 5.74) is -4.28. The number of hydrogen-bond acceptors (Lipinski definition) is 30. The van der Waals surface area contributed by atoms with Crippen LogP contribution in [0.15, 0.2) is 11.6 Å². The lowest BCUT2D eigenvalue weighted by atomic mass is 9.33. The molecule has 36 atom stereocenters. The van der Waals surface area contributed by atoms with Crippen molar-refractivity contribution < 1.29 is 147 Å². The fraction of sp³-hybridized carbons (Fsp3) is 0.910. The van der Waals surface area contributed by atoms with E-state index in [1.54, 1.807) is 0 Å². The van der Waals surface area contributed by atoms with Gasteiger partial charge in [-0.05, 0) is 125 Å². The van der Waals surface area contributed by atoms with Crippen LogP contribution in [0.4, 0.5) is 0 Å². The second kappa shape index (κ2) is 28.4. The van der Waals surface area contributed by atoms with Crippen LogP contribution in [-0.4, -0.2) is 275 Å². The maximum Gasteiger partial charge on any atom is 0.317 e. The minimum Gasteiger partial charge on any atom is -0.462 e. The third-order valence-corrected chi connectivity index (χ3v) is 24.4. The summed E-state index contributed by atoms with van der Waals surface area (Å²) in [6.45, 7) is 20.9. The largest absolute Gasteiger partial charge is 0.462 e. The van der Waals surface area contributed by atoms with E-state index in [1.807, 2.05) is 6.92 Å². The topological polar surface area (TPSA) is 451 Å². The Hall–Kier alpha value is -3.26. The van der Waals surface area contributed by atoms with Crippen LogP contribution in [0.3, 0.4) is 0 Å². The Labute approximate surface area is 564 Å². The quantitative estimate of drug-likeness (QED) is 0.0378. The molecule has 0 spiro atoms. The van der Waals surface area contributed by atoms with Crippen LogP contribution in [0.5, 0.6) is 0 Å². The number of carbonyl (C=O) groups is 4. The summed E-state index contributed by atoms with van der Waals surface area (Å²) in [5.74, 6) is -4.60. The predicted octanol–water partition coefficient (Wildman–Crippen LogP) is -1.08. The molecule has 0 amide bonds. The number of fused-ring (bicyclic) bond motifs is 7. The van der Waals surface area contributed by atoms with Crippen molar-refractivity contribution in [1.82, 2.24) is 0 Å². The van der Waals surface area contributed by atoms with E-state index >= 15 is 4.79 Å². The van der Waals surface area contributed by atoms with E-state index in [1.165, 1.54) is 34.6 Å². The summed E-state index contributed by atoms with van der Waals surface area (Å²) in [6.07, 6.45) is -38.9. The minimum absolute atomic E-state index is 0.0738. The van der Waals surface area contributed by atoms with Crippen molar-refractivity contribution in [2.24, 2.45) is 50.2 Å². The van der Waals surface area contributed by atoms with Crippen LogP contribution >= 0.6 is 0 Å². The van der Waals surface area contributed by atoms with Gasteiger partial charge >= 0.3 is 23.9 Å². The van der Waals surface area contributed by atoms with Crippen molar-refractivity contribution >= 4 is 23.9 Å². The first kappa shape index (κ1) is 76.4. The van der Waals surface area contributed by atoms with Gasteiger partial charge in [-0.1, -0.05) is 53.2 Å². The third-order valence-electron chi connectivity index (χ3n) is 24.4. The van der Waals surface area contributed by atoms with E-state index in [2.05, 4.69) is 40.7 Å². The van der Waals surface area contributed by atoms with Crippen LogP contribution in [0.25, 0.3) is 0 Å². The molecule has 10 aliphatic rings. The molecule has 5 heterocycles. The summed E-state index contributed by atoms with van der Waals surface area (Å²) >= 11 is 0. The standard InChI is InChI=1S/C67H106O30/c1-26(86-31(6)69)20-40(74)92-50-29(4)90-60(54(47(50)81)95-59-53(91-32(7)70)48(82)51(30(5)89-59)93-56-49(83)52(36(72)24-85-56)94-57-45(79)43(77)41(75)27(2)87-57)97-61(84)67-19-18-62(8,9)21-34(67)33-14-15-38-63(10)22-35(71)55(96-58-46(80)44(78)42(76)28(3)88-58)64(11,25-68)37(63)16-17-65(38,12)66(33,13)23-39(67)73/h14,26-30,34-39,41-60,68,71-73,75-83H,15-25H2,1-13H3. The molecule has 0 radical (unpaired) electrons. The number of esters is 4. The second-order valence-corrected chi connectivity index (χ2v) is 31.4. The highest BCUT2D eigenvalue weighted by atomic mass is 16.8. The SMILES string of the molecule is CC(=O)OC(C)CC(=O)OC1C(C)OC(OC(=O)C23CCC(C)(C)CC2C2=CCC4C5(C)CC(O)C(OC6OC(C)C(O)C(O)C6O)C(C)(CO)C5CCC4(C)C2(C)CC3O)C(OC2OC(C)C(OC3OCC(O)C(OC4OC(C)C(O)C(O)C4O)C3O)C(O)C2OC(C)=O)C1O. The van der Waals surface area contributed by atoms with Crippen LogP contribution < -0.4 is 0 Å². The fourth-order valence-corrected chi connectivity index (χ4v) is 19.0. The van der Waals surface area contributed by atoms with Crippen LogP contribution in [0.2, 0.25) is 0 Å². The van der Waals surface area contributed by atoms with Gasteiger partial charge in [0.05, 0.1) is 62.4 Å².